The van der Waals surface area contributed by atoms with E-state index in [0.29, 0.717) is 0 Å². The summed E-state index contributed by atoms with van der Waals surface area (Å²) >= 11 is 0. The lowest BCUT2D eigenvalue weighted by Gasteiger charge is -1.93. The Morgan fingerprint density at radius 3 is 2.64 bits per heavy atom. The van der Waals surface area contributed by atoms with Crippen LogP contribution in [0.1, 0.15) is 0 Å². The Bertz CT molecular complexity index is 292. The van der Waals surface area contributed by atoms with Crippen molar-refractivity contribution in [3.8, 4) is 0 Å². The number of nitrogens with one attached hydrogen (secondary N) is 2. The second-order valence-corrected chi connectivity index (χ2v) is 3.04. The number of rotatable bonds is 2. The molecule has 11 heavy (non-hydrogen) atoms. The first-order chi connectivity index (χ1) is 4.67. The molecule has 4 N–H and O–H groups in total. The summed E-state index contributed by atoms with van der Waals surface area (Å²) in [7, 11) is -3.66. The Morgan fingerprint density at radius 2 is 2.27 bits per heavy atom. The smallest absolute Gasteiger partial charge is 0.257 e. The molecule has 1 heterocycles. The van der Waals surface area contributed by atoms with E-state index in [1.54, 1.807) is 4.83 Å². The second kappa shape index (κ2) is 3.62. The predicted octanol–water partition coefficient (Wildman–Crippen LogP) is -1.62. The topological polar surface area (TPSA) is 114 Å². The van der Waals surface area contributed by atoms with Crippen LogP contribution in [0.5, 0.6) is 0 Å². The average molecular weight is 200 g/mol. The summed E-state index contributed by atoms with van der Waals surface area (Å²) in [5, 5.41) is 5.17. The molecule has 0 atom stereocenters. The Hall–Kier alpha value is -0.700. The first-order valence-corrected chi connectivity index (χ1v) is 3.73. The molecule has 0 fully saturated rings. The molecule has 1 rings (SSSR count). The highest BCUT2D eigenvalue weighted by Gasteiger charge is 2.13. The van der Waals surface area contributed by atoms with Crippen LogP contribution in [0.2, 0.25) is 0 Å². The molecule has 0 saturated heterocycles. The van der Waals surface area contributed by atoms with Gasteiger partial charge < -0.3 is 0 Å². The SMILES string of the molecule is Cl.NNS(=O)(=O)c1ncn[nH]1. The van der Waals surface area contributed by atoms with Crippen LogP contribution in [0.4, 0.5) is 0 Å². The monoisotopic (exact) mass is 199 g/mol. The molecular weight excluding hydrogens is 194 g/mol. The summed E-state index contributed by atoms with van der Waals surface area (Å²) < 4.78 is 21.4. The van der Waals surface area contributed by atoms with E-state index in [4.69, 9.17) is 0 Å². The van der Waals surface area contributed by atoms with Gasteiger partial charge in [-0.15, -0.1) is 17.2 Å². The van der Waals surface area contributed by atoms with Crippen LogP contribution < -0.4 is 10.7 Å². The fraction of sp³-hybridized carbons (Fsp3) is 0. The molecule has 0 amide bonds. The van der Waals surface area contributed by atoms with Crippen LogP contribution in [0.15, 0.2) is 11.5 Å². The Morgan fingerprint density at radius 1 is 1.64 bits per heavy atom. The van der Waals surface area contributed by atoms with Gasteiger partial charge in [0, 0.05) is 0 Å². The van der Waals surface area contributed by atoms with E-state index >= 15 is 0 Å². The molecular formula is C2H6ClN5O2S. The third-order valence-electron chi connectivity index (χ3n) is 0.803. The Kier molecular flexibility index (Phi) is 3.39. The Labute approximate surface area is 68.8 Å². The lowest BCUT2D eigenvalue weighted by Crippen LogP contribution is -2.30. The van der Waals surface area contributed by atoms with Crippen molar-refractivity contribution >= 4 is 22.4 Å². The number of aromatic nitrogens is 3. The fourth-order valence-electron chi connectivity index (χ4n) is 0.380. The van der Waals surface area contributed by atoms with Gasteiger partial charge in [-0.1, -0.05) is 0 Å². The lowest BCUT2D eigenvalue weighted by atomic mass is 11.3. The van der Waals surface area contributed by atoms with Crippen molar-refractivity contribution in [2.45, 2.75) is 5.16 Å². The largest absolute Gasteiger partial charge is 0.288 e. The van der Waals surface area contributed by atoms with E-state index in [1.807, 2.05) is 0 Å². The second-order valence-electron chi connectivity index (χ2n) is 1.41. The molecule has 7 nitrogen and oxygen atoms in total. The predicted molar refractivity (Wildman–Crippen MR) is 38.1 cm³/mol. The van der Waals surface area contributed by atoms with Gasteiger partial charge in [0.2, 0.25) is 0 Å². The van der Waals surface area contributed by atoms with Crippen molar-refractivity contribution in [2.75, 3.05) is 0 Å². The number of sulfonamides is 1. The summed E-state index contributed by atoms with van der Waals surface area (Å²) in [6.07, 6.45) is 1.07. The molecule has 0 aromatic carbocycles. The number of hydrogen-bond donors (Lipinski definition) is 3. The normalized spacial score (nSPS) is 10.6. The molecule has 9 heteroatoms. The lowest BCUT2D eigenvalue weighted by molar-refractivity contribution is 0.575. The van der Waals surface area contributed by atoms with E-state index in [0.717, 1.165) is 6.33 Å². The van der Waals surface area contributed by atoms with E-state index in [-0.39, 0.29) is 17.6 Å². The highest BCUT2D eigenvalue weighted by molar-refractivity contribution is 7.89. The van der Waals surface area contributed by atoms with Gasteiger partial charge in [0.15, 0.2) is 0 Å². The van der Waals surface area contributed by atoms with Gasteiger partial charge in [-0.05, 0) is 0 Å². The first-order valence-electron chi connectivity index (χ1n) is 2.24. The van der Waals surface area contributed by atoms with Gasteiger partial charge in [-0.3, -0.25) is 5.84 Å². The van der Waals surface area contributed by atoms with Crippen LogP contribution in [-0.2, 0) is 10.0 Å². The van der Waals surface area contributed by atoms with Gasteiger partial charge in [0.1, 0.15) is 6.33 Å². The van der Waals surface area contributed by atoms with E-state index < -0.39 is 10.0 Å². The highest BCUT2D eigenvalue weighted by atomic mass is 35.5. The Balaban J connectivity index is 0.000001000. The third-order valence-corrected chi connectivity index (χ3v) is 1.82. The zero-order chi connectivity index (χ0) is 7.61. The maximum atomic E-state index is 10.7. The van der Waals surface area contributed by atoms with Crippen molar-refractivity contribution in [2.24, 2.45) is 5.84 Å². The zero-order valence-electron chi connectivity index (χ0n) is 5.18. The van der Waals surface area contributed by atoms with Gasteiger partial charge in [0.25, 0.3) is 15.2 Å². The standard InChI is InChI=1S/C2H5N5O2S.ClH/c3-7-10(8,9)2-4-1-5-6-2;/h1,7H,3H2,(H,4,5,6);1H. The fourth-order valence-corrected chi connectivity index (χ4v) is 0.850. The number of nitrogens with two attached hydrogens (primary N) is 1. The molecule has 0 aliphatic rings. The number of aromatic amines is 1. The molecule has 0 unspecified atom stereocenters. The quantitative estimate of drug-likeness (QED) is 0.391. The highest BCUT2D eigenvalue weighted by Crippen LogP contribution is 1.93. The number of halogens is 1. The summed E-state index contributed by atoms with van der Waals surface area (Å²) in [5.74, 6) is 4.67. The van der Waals surface area contributed by atoms with E-state index in [9.17, 15) is 8.42 Å². The summed E-state index contributed by atoms with van der Waals surface area (Å²) in [5.41, 5.74) is 0. The molecule has 0 saturated carbocycles. The third kappa shape index (κ3) is 2.12. The molecule has 0 bridgehead atoms. The molecule has 1 aromatic rings. The van der Waals surface area contributed by atoms with Gasteiger partial charge >= 0.3 is 0 Å². The van der Waals surface area contributed by atoms with E-state index in [2.05, 4.69) is 21.0 Å². The van der Waals surface area contributed by atoms with E-state index in [1.165, 1.54) is 0 Å². The van der Waals surface area contributed by atoms with Crippen molar-refractivity contribution in [3.63, 3.8) is 0 Å². The van der Waals surface area contributed by atoms with Gasteiger partial charge in [-0.2, -0.15) is 5.10 Å². The van der Waals surface area contributed by atoms with Crippen molar-refractivity contribution in [3.05, 3.63) is 6.33 Å². The van der Waals surface area contributed by atoms with Gasteiger partial charge in [0.05, 0.1) is 0 Å². The number of hydrazine groups is 1. The summed E-state index contributed by atoms with van der Waals surface area (Å²) in [6, 6.07) is 0. The van der Waals surface area contributed by atoms with Crippen LogP contribution in [0.3, 0.4) is 0 Å². The van der Waals surface area contributed by atoms with Crippen LogP contribution in [-0.4, -0.2) is 23.6 Å². The minimum absolute atomic E-state index is 0. The van der Waals surface area contributed by atoms with Crippen LogP contribution in [0, 0.1) is 0 Å². The molecule has 1 aromatic heterocycles. The summed E-state index contributed by atoms with van der Waals surface area (Å²) in [6.45, 7) is 0. The molecule has 0 spiro atoms. The summed E-state index contributed by atoms with van der Waals surface area (Å²) in [4.78, 5) is 4.94. The van der Waals surface area contributed by atoms with Crippen molar-refractivity contribution in [1.29, 1.82) is 0 Å². The number of nitrogens with zero attached hydrogens (tertiary/aromatic N) is 2. The molecule has 0 aliphatic carbocycles. The molecule has 64 valence electrons. The van der Waals surface area contributed by atoms with Crippen LogP contribution >= 0.6 is 12.4 Å². The van der Waals surface area contributed by atoms with Crippen LogP contribution in [0.25, 0.3) is 0 Å². The molecule has 0 radical (unpaired) electrons. The minimum Gasteiger partial charge on any atom is -0.257 e. The number of hydrogen-bond acceptors (Lipinski definition) is 5. The first kappa shape index (κ1) is 10.3. The van der Waals surface area contributed by atoms with Gasteiger partial charge in [-0.25, -0.2) is 18.5 Å². The zero-order valence-corrected chi connectivity index (χ0v) is 6.82. The maximum Gasteiger partial charge on any atom is 0.288 e. The minimum atomic E-state index is -3.66. The van der Waals surface area contributed by atoms with Crippen molar-refractivity contribution < 1.29 is 8.42 Å². The van der Waals surface area contributed by atoms with Crippen molar-refractivity contribution in [1.82, 2.24) is 20.0 Å². The average Bonchev–Trinajstić information content (AvgIpc) is 2.38. The number of H-pyrrole nitrogens is 1. The molecule has 0 aliphatic heterocycles. The maximum absolute atomic E-state index is 10.7.